The van der Waals surface area contributed by atoms with E-state index in [1.165, 1.54) is 17.7 Å². The van der Waals surface area contributed by atoms with E-state index in [9.17, 15) is 9.18 Å². The predicted octanol–water partition coefficient (Wildman–Crippen LogP) is 4.27. The zero-order valence-corrected chi connectivity index (χ0v) is 15.9. The number of benzene rings is 2. The number of carbonyl (C=O) groups is 1. The summed E-state index contributed by atoms with van der Waals surface area (Å²) in [5.41, 5.74) is 1.89. The first-order chi connectivity index (χ1) is 12.7. The van der Waals surface area contributed by atoms with Gasteiger partial charge in [-0.3, -0.25) is 4.79 Å². The van der Waals surface area contributed by atoms with E-state index in [0.29, 0.717) is 18.4 Å². The molecular formula is C22H23ClFNO2. The zero-order valence-electron chi connectivity index (χ0n) is 15.1. The molecule has 2 aromatic rings. The van der Waals surface area contributed by atoms with Crippen molar-refractivity contribution in [2.45, 2.75) is 24.9 Å². The maximum atomic E-state index is 13.1. The summed E-state index contributed by atoms with van der Waals surface area (Å²) in [6, 6.07) is 16.5. The monoisotopic (exact) mass is 387 g/mol. The average Bonchev–Trinajstić information content (AvgIpc) is 2.99. The molecular weight excluding hydrogens is 365 g/mol. The van der Waals surface area contributed by atoms with Gasteiger partial charge in [0.25, 0.3) is 0 Å². The molecule has 2 aliphatic heterocycles. The topological polar surface area (TPSA) is 29.5 Å². The third-order valence-electron chi connectivity index (χ3n) is 5.44. The smallest absolute Gasteiger partial charge is 0.210 e. The summed E-state index contributed by atoms with van der Waals surface area (Å²) in [6.07, 6.45) is 3.97. The van der Waals surface area contributed by atoms with Gasteiger partial charge in [0.15, 0.2) is 5.60 Å². The Morgan fingerprint density at radius 2 is 1.67 bits per heavy atom. The molecule has 142 valence electrons. The number of carbonyl (C=O) groups excluding carboxylic acids is 1. The molecule has 2 aromatic carbocycles. The highest BCUT2D eigenvalue weighted by Crippen LogP contribution is 2.38. The Labute approximate surface area is 165 Å². The minimum atomic E-state index is -0.729. The lowest BCUT2D eigenvalue weighted by molar-refractivity contribution is -0.133. The number of ether oxygens (including phenoxy) is 1. The average molecular weight is 388 g/mol. The van der Waals surface area contributed by atoms with Gasteiger partial charge in [0.05, 0.1) is 11.8 Å². The van der Waals surface area contributed by atoms with E-state index in [4.69, 9.17) is 4.74 Å². The number of likely N-dealkylation sites (tertiary alicyclic amines) is 1. The molecule has 3 nitrogen and oxygen atoms in total. The molecule has 0 amide bonds. The summed E-state index contributed by atoms with van der Waals surface area (Å²) >= 11 is 0. The van der Waals surface area contributed by atoms with Gasteiger partial charge in [-0.1, -0.05) is 42.5 Å². The Hall–Kier alpha value is -2.17. The first-order valence-electron chi connectivity index (χ1n) is 9.11. The van der Waals surface area contributed by atoms with E-state index in [-0.39, 0.29) is 24.0 Å². The molecule has 0 unspecified atom stereocenters. The van der Waals surface area contributed by atoms with Crippen molar-refractivity contribution in [3.8, 4) is 0 Å². The predicted molar refractivity (Wildman–Crippen MR) is 106 cm³/mol. The number of halogens is 2. The Morgan fingerprint density at radius 3 is 2.33 bits per heavy atom. The molecule has 0 aromatic heterocycles. The van der Waals surface area contributed by atoms with Crippen LogP contribution < -0.4 is 0 Å². The fourth-order valence-electron chi connectivity index (χ4n) is 3.77. The lowest BCUT2D eigenvalue weighted by Gasteiger charge is -2.37. The second-order valence-corrected chi connectivity index (χ2v) is 7.06. The van der Waals surface area contributed by atoms with Crippen molar-refractivity contribution >= 4 is 23.8 Å². The maximum Gasteiger partial charge on any atom is 0.210 e. The number of ketones is 1. The van der Waals surface area contributed by atoms with Crippen molar-refractivity contribution < 1.29 is 13.9 Å². The van der Waals surface area contributed by atoms with E-state index in [1.807, 2.05) is 6.07 Å². The van der Waals surface area contributed by atoms with E-state index in [0.717, 1.165) is 31.6 Å². The van der Waals surface area contributed by atoms with Gasteiger partial charge < -0.3 is 9.64 Å². The second kappa shape index (κ2) is 8.24. The molecule has 0 atom stereocenters. The van der Waals surface area contributed by atoms with Gasteiger partial charge >= 0.3 is 0 Å². The third kappa shape index (κ3) is 4.07. The molecule has 1 spiro atoms. The van der Waals surface area contributed by atoms with Gasteiger partial charge in [-0.25, -0.2) is 4.39 Å². The van der Waals surface area contributed by atoms with Crippen LogP contribution in [0.3, 0.4) is 0 Å². The van der Waals surface area contributed by atoms with Crippen LogP contribution in [0.25, 0.3) is 5.57 Å². The summed E-state index contributed by atoms with van der Waals surface area (Å²) in [4.78, 5) is 15.3. The molecule has 0 radical (unpaired) electrons. The van der Waals surface area contributed by atoms with Gasteiger partial charge in [0, 0.05) is 32.5 Å². The number of Topliss-reactive ketones (excluding diaryl/α,β-unsaturated/α-hetero) is 1. The van der Waals surface area contributed by atoms with Crippen LogP contribution in [0.2, 0.25) is 0 Å². The lowest BCUT2D eigenvalue weighted by Crippen LogP contribution is -2.49. The molecule has 1 saturated heterocycles. The van der Waals surface area contributed by atoms with Crippen LogP contribution >= 0.6 is 12.4 Å². The first-order valence-corrected chi connectivity index (χ1v) is 9.11. The van der Waals surface area contributed by atoms with Crippen LogP contribution in [0.15, 0.2) is 60.9 Å². The van der Waals surface area contributed by atoms with Crippen LogP contribution in [0.5, 0.6) is 0 Å². The fraction of sp³-hybridized carbons (Fsp3) is 0.318. The van der Waals surface area contributed by atoms with Crippen molar-refractivity contribution in [3.63, 3.8) is 0 Å². The quantitative estimate of drug-likeness (QED) is 0.784. The molecule has 0 saturated carbocycles. The normalized spacial score (nSPS) is 18.7. The molecule has 27 heavy (non-hydrogen) atoms. The third-order valence-corrected chi connectivity index (χ3v) is 5.44. The number of hydrogen-bond donors (Lipinski definition) is 0. The molecule has 4 rings (SSSR count). The summed E-state index contributed by atoms with van der Waals surface area (Å²) in [6.45, 7) is 2.69. The van der Waals surface area contributed by atoms with Crippen LogP contribution in [0, 0.1) is 5.82 Å². The largest absolute Gasteiger partial charge is 0.486 e. The molecule has 0 bridgehead atoms. The minimum absolute atomic E-state index is 0. The summed E-state index contributed by atoms with van der Waals surface area (Å²) in [7, 11) is 0. The maximum absolute atomic E-state index is 13.1. The van der Waals surface area contributed by atoms with Gasteiger partial charge in [-0.05, 0) is 29.7 Å². The zero-order chi connectivity index (χ0) is 18.0. The first kappa shape index (κ1) is 19.6. The number of hydrogen-bond acceptors (Lipinski definition) is 3. The van der Waals surface area contributed by atoms with Gasteiger partial charge in [-0.15, -0.1) is 12.4 Å². The van der Waals surface area contributed by atoms with Crippen molar-refractivity contribution in [1.29, 1.82) is 0 Å². The van der Waals surface area contributed by atoms with E-state index >= 15 is 0 Å². The van der Waals surface area contributed by atoms with Crippen LogP contribution in [-0.4, -0.2) is 35.9 Å². The molecule has 2 heterocycles. The molecule has 1 fully saturated rings. The molecule has 0 N–H and O–H groups in total. The van der Waals surface area contributed by atoms with E-state index in [2.05, 4.69) is 29.2 Å². The molecule has 0 aliphatic carbocycles. The van der Waals surface area contributed by atoms with Crippen molar-refractivity contribution in [2.75, 3.05) is 19.6 Å². The standard InChI is InChI=1S/C22H22FNO2.ClH/c23-19-8-6-18(7-9-19)20-16-26-22(21(20)25)11-14-24(15-12-22)13-10-17-4-2-1-3-5-17;/h1-9,16H,10-15H2;1H. The number of piperidine rings is 1. The fourth-order valence-corrected chi connectivity index (χ4v) is 3.77. The Kier molecular flexibility index (Phi) is 5.98. The van der Waals surface area contributed by atoms with E-state index < -0.39 is 5.60 Å². The summed E-state index contributed by atoms with van der Waals surface area (Å²) < 4.78 is 19.0. The lowest BCUT2D eigenvalue weighted by atomic mass is 9.84. The van der Waals surface area contributed by atoms with Gasteiger partial charge in [0.2, 0.25) is 5.78 Å². The Morgan fingerprint density at radius 1 is 1.00 bits per heavy atom. The SMILES string of the molecule is Cl.O=C1C(c2ccc(F)cc2)=COC12CCN(CCc1ccccc1)CC2. The van der Waals surface area contributed by atoms with Crippen LogP contribution in [-0.2, 0) is 16.0 Å². The van der Waals surface area contributed by atoms with Crippen molar-refractivity contribution in [2.24, 2.45) is 0 Å². The van der Waals surface area contributed by atoms with Gasteiger partial charge in [-0.2, -0.15) is 0 Å². The summed E-state index contributed by atoms with van der Waals surface area (Å²) in [5, 5.41) is 0. The Balaban J connectivity index is 0.00000210. The molecule has 2 aliphatic rings. The highest BCUT2D eigenvalue weighted by Gasteiger charge is 2.47. The van der Waals surface area contributed by atoms with Crippen LogP contribution in [0.1, 0.15) is 24.0 Å². The van der Waals surface area contributed by atoms with Crippen LogP contribution in [0.4, 0.5) is 4.39 Å². The highest BCUT2D eigenvalue weighted by molar-refractivity contribution is 6.26. The second-order valence-electron chi connectivity index (χ2n) is 7.06. The highest BCUT2D eigenvalue weighted by atomic mass is 35.5. The van der Waals surface area contributed by atoms with Crippen molar-refractivity contribution in [3.05, 3.63) is 77.8 Å². The Bertz CT molecular complexity index is 812. The van der Waals surface area contributed by atoms with Crippen molar-refractivity contribution in [1.82, 2.24) is 4.90 Å². The number of nitrogens with zero attached hydrogens (tertiary/aromatic N) is 1. The van der Waals surface area contributed by atoms with Gasteiger partial charge in [0.1, 0.15) is 5.82 Å². The number of rotatable bonds is 4. The molecule has 5 heteroatoms. The minimum Gasteiger partial charge on any atom is -0.486 e. The summed E-state index contributed by atoms with van der Waals surface area (Å²) in [5.74, 6) is -0.269. The van der Waals surface area contributed by atoms with E-state index in [1.54, 1.807) is 18.4 Å².